The number of esters is 1. The van der Waals surface area contributed by atoms with Gasteiger partial charge in [0, 0.05) is 30.1 Å². The van der Waals surface area contributed by atoms with Crippen molar-refractivity contribution in [3.63, 3.8) is 0 Å². The molecule has 0 bridgehead atoms. The van der Waals surface area contributed by atoms with Crippen LogP contribution in [0.1, 0.15) is 28.1 Å². The molecule has 1 aliphatic rings. The van der Waals surface area contributed by atoms with Crippen LogP contribution in [0.4, 0.5) is 11.4 Å². The summed E-state index contributed by atoms with van der Waals surface area (Å²) in [5, 5.41) is 25.2. The summed E-state index contributed by atoms with van der Waals surface area (Å²) in [6.45, 7) is 3.85. The number of benzene rings is 3. The Bertz CT molecular complexity index is 1560. The Morgan fingerprint density at radius 1 is 1.07 bits per heavy atom. The predicted octanol–water partition coefficient (Wildman–Crippen LogP) is 4.77. The number of para-hydroxylation sites is 1. The van der Waals surface area contributed by atoms with E-state index in [9.17, 15) is 19.7 Å². The molecule has 45 heavy (non-hydrogen) atoms. The number of nitro groups is 1. The van der Waals surface area contributed by atoms with E-state index >= 15 is 0 Å². The van der Waals surface area contributed by atoms with Crippen LogP contribution in [-0.4, -0.2) is 83.7 Å². The normalized spacial score (nSPS) is 15.7. The molecule has 13 nitrogen and oxygen atoms in total. The van der Waals surface area contributed by atoms with E-state index in [1.165, 1.54) is 23.9 Å². The molecule has 2 unspecified atom stereocenters. The first-order chi connectivity index (χ1) is 21.4. The summed E-state index contributed by atoms with van der Waals surface area (Å²) in [6, 6.07) is 18.4. The molecule has 0 saturated heterocycles. The molecular formula is C30H30ClN3O10S. The van der Waals surface area contributed by atoms with Crippen molar-refractivity contribution in [2.75, 3.05) is 38.7 Å². The fourth-order valence-corrected chi connectivity index (χ4v) is 5.72. The molecule has 2 N–H and O–H groups in total. The fourth-order valence-electron chi connectivity index (χ4n) is 4.15. The lowest BCUT2D eigenvalue weighted by atomic mass is 10.0. The Hall–Kier alpha value is -4.66. The molecular weight excluding hydrogens is 630 g/mol. The number of likely N-dealkylation sites (N-methyl/N-ethyl adjacent to an activating group) is 1. The van der Waals surface area contributed by atoms with Crippen molar-refractivity contribution in [2.45, 2.75) is 23.2 Å². The zero-order chi connectivity index (χ0) is 33.3. The molecule has 0 aliphatic carbocycles. The number of carbonyl (C=O) groups excluding carboxylic acids is 2. The topological polar surface area (TPSA) is 177 Å². The highest BCUT2D eigenvalue weighted by Gasteiger charge is 2.41. The smallest absolute Gasteiger partial charge is 0.414 e. The van der Waals surface area contributed by atoms with Gasteiger partial charge in [-0.05, 0) is 49.5 Å². The van der Waals surface area contributed by atoms with Crippen LogP contribution in [0.25, 0.3) is 0 Å². The number of nitrogens with zero attached hydrogens (tertiary/aromatic N) is 3. The van der Waals surface area contributed by atoms with Crippen molar-refractivity contribution >= 4 is 58.6 Å². The fraction of sp³-hybridized carbons (Fsp3) is 0.267. The SMILES string of the molecule is CCN(C)CCN1C(=O)C(OC(=O)c2ccc([N+](=O)[O-])cc2Cl)C(c2ccc(OC)cc2)Sc2ccccc21.O=C(O)C(=O)O. The summed E-state index contributed by atoms with van der Waals surface area (Å²) in [5.41, 5.74) is 1.19. The van der Waals surface area contributed by atoms with Crippen LogP contribution in [0.3, 0.4) is 0 Å². The van der Waals surface area contributed by atoms with Crippen molar-refractivity contribution in [1.29, 1.82) is 0 Å². The summed E-state index contributed by atoms with van der Waals surface area (Å²) in [6.07, 6.45) is -1.21. The van der Waals surface area contributed by atoms with Crippen LogP contribution in [0.2, 0.25) is 5.02 Å². The van der Waals surface area contributed by atoms with Gasteiger partial charge in [0.2, 0.25) is 0 Å². The summed E-state index contributed by atoms with van der Waals surface area (Å²) in [4.78, 5) is 60.9. The zero-order valence-corrected chi connectivity index (χ0v) is 26.0. The standard InChI is InChI=1S/C28H28ClN3O6S.C2H2O4/c1-4-30(2)15-16-31-23-7-5-6-8-24(23)39-26(18-9-12-20(37-3)13-10-18)25(27(31)33)38-28(34)21-14-11-19(32(35)36)17-22(21)29;3-1(4)2(5)6/h5-14,17,25-26H,4,15-16H2,1-3H3;(H,3,4)(H,5,6). The summed E-state index contributed by atoms with van der Waals surface area (Å²) >= 11 is 7.65. The number of carbonyl (C=O) groups is 4. The van der Waals surface area contributed by atoms with Gasteiger partial charge in [0.05, 0.1) is 33.6 Å². The maximum atomic E-state index is 14.2. The van der Waals surface area contributed by atoms with E-state index in [1.54, 1.807) is 24.1 Å². The van der Waals surface area contributed by atoms with Gasteiger partial charge in [0.15, 0.2) is 6.10 Å². The number of hydrogen-bond donors (Lipinski definition) is 2. The van der Waals surface area contributed by atoms with Crippen LogP contribution in [-0.2, 0) is 19.1 Å². The number of methoxy groups -OCH3 is 1. The lowest BCUT2D eigenvalue weighted by molar-refractivity contribution is -0.384. The Morgan fingerprint density at radius 2 is 1.71 bits per heavy atom. The molecule has 0 aromatic heterocycles. The van der Waals surface area contributed by atoms with Crippen LogP contribution in [0, 0.1) is 10.1 Å². The molecule has 1 aliphatic heterocycles. The van der Waals surface area contributed by atoms with Gasteiger partial charge >= 0.3 is 17.9 Å². The monoisotopic (exact) mass is 659 g/mol. The largest absolute Gasteiger partial charge is 0.497 e. The number of nitro benzene ring substituents is 1. The highest BCUT2D eigenvalue weighted by atomic mass is 35.5. The first-order valence-corrected chi connectivity index (χ1v) is 14.6. The van der Waals surface area contributed by atoms with E-state index in [2.05, 4.69) is 4.90 Å². The molecule has 238 valence electrons. The number of fused-ring (bicyclic) bond motifs is 1. The Morgan fingerprint density at radius 3 is 2.27 bits per heavy atom. The molecule has 1 amide bonds. The first kappa shape index (κ1) is 34.8. The molecule has 1 heterocycles. The molecule has 0 fully saturated rings. The van der Waals surface area contributed by atoms with Crippen LogP contribution in [0.15, 0.2) is 71.6 Å². The predicted molar refractivity (Wildman–Crippen MR) is 166 cm³/mol. The number of rotatable bonds is 9. The van der Waals surface area contributed by atoms with E-state index < -0.39 is 34.2 Å². The van der Waals surface area contributed by atoms with E-state index in [4.69, 9.17) is 40.9 Å². The number of amides is 1. The van der Waals surface area contributed by atoms with Crippen LogP contribution >= 0.6 is 23.4 Å². The number of anilines is 1. The van der Waals surface area contributed by atoms with Gasteiger partial charge in [-0.15, -0.1) is 11.8 Å². The van der Waals surface area contributed by atoms with Crippen molar-refractivity contribution in [3.8, 4) is 5.75 Å². The highest BCUT2D eigenvalue weighted by molar-refractivity contribution is 7.99. The third-order valence-electron chi connectivity index (χ3n) is 6.68. The van der Waals surface area contributed by atoms with Gasteiger partial charge in [0.25, 0.3) is 11.6 Å². The molecule has 2 atom stereocenters. The van der Waals surface area contributed by atoms with E-state index in [-0.39, 0.29) is 22.2 Å². The number of ether oxygens (including phenoxy) is 2. The Kier molecular flexibility index (Phi) is 12.3. The lowest BCUT2D eigenvalue weighted by Crippen LogP contribution is -2.45. The van der Waals surface area contributed by atoms with E-state index in [1.807, 2.05) is 50.4 Å². The van der Waals surface area contributed by atoms with Crippen molar-refractivity contribution in [3.05, 3.63) is 93.0 Å². The number of carboxylic acids is 2. The van der Waals surface area contributed by atoms with E-state index in [0.717, 1.165) is 28.8 Å². The second-order valence-electron chi connectivity index (χ2n) is 9.52. The number of halogens is 1. The minimum Gasteiger partial charge on any atom is -0.497 e. The summed E-state index contributed by atoms with van der Waals surface area (Å²) in [5.74, 6) is -4.21. The van der Waals surface area contributed by atoms with Gasteiger partial charge in [-0.25, -0.2) is 14.4 Å². The maximum Gasteiger partial charge on any atom is 0.414 e. The number of thioether (sulfide) groups is 1. The average Bonchev–Trinajstić information content (AvgIpc) is 3.13. The Labute approximate surface area is 267 Å². The second kappa shape index (κ2) is 15.9. The number of aliphatic carboxylic acids is 2. The van der Waals surface area contributed by atoms with Crippen molar-refractivity contribution < 1.29 is 43.8 Å². The number of carboxylic acid groups (broad SMARTS) is 2. The van der Waals surface area contributed by atoms with Crippen molar-refractivity contribution in [2.24, 2.45) is 0 Å². The van der Waals surface area contributed by atoms with Gasteiger partial charge in [-0.1, -0.05) is 42.8 Å². The van der Waals surface area contributed by atoms with Gasteiger partial charge in [0.1, 0.15) is 5.75 Å². The second-order valence-corrected chi connectivity index (χ2v) is 11.1. The number of non-ortho nitro benzene ring substituents is 1. The first-order valence-electron chi connectivity index (χ1n) is 13.4. The molecule has 0 spiro atoms. The maximum absolute atomic E-state index is 14.2. The molecule has 0 saturated carbocycles. The highest BCUT2D eigenvalue weighted by Crippen LogP contribution is 2.47. The molecule has 3 aromatic carbocycles. The van der Waals surface area contributed by atoms with Crippen LogP contribution < -0.4 is 9.64 Å². The van der Waals surface area contributed by atoms with Gasteiger partial charge in [-0.3, -0.25) is 14.9 Å². The van der Waals surface area contributed by atoms with E-state index in [0.29, 0.717) is 18.8 Å². The van der Waals surface area contributed by atoms with Gasteiger partial charge < -0.3 is 29.5 Å². The summed E-state index contributed by atoms with van der Waals surface area (Å²) < 4.78 is 11.2. The zero-order valence-electron chi connectivity index (χ0n) is 24.4. The molecule has 4 rings (SSSR count). The molecule has 15 heteroatoms. The third-order valence-corrected chi connectivity index (χ3v) is 8.37. The minimum absolute atomic E-state index is 0.0624. The lowest BCUT2D eigenvalue weighted by Gasteiger charge is -2.29. The number of hydrogen-bond acceptors (Lipinski definition) is 10. The third kappa shape index (κ3) is 8.94. The molecule has 0 radical (unpaired) electrons. The Balaban J connectivity index is 0.000000838. The van der Waals surface area contributed by atoms with Crippen LogP contribution in [0.5, 0.6) is 5.75 Å². The summed E-state index contributed by atoms with van der Waals surface area (Å²) in [7, 11) is 3.54. The van der Waals surface area contributed by atoms with Gasteiger partial charge in [-0.2, -0.15) is 0 Å². The van der Waals surface area contributed by atoms with Crippen molar-refractivity contribution in [1.82, 2.24) is 4.90 Å². The molecule has 3 aromatic rings. The average molecular weight is 660 g/mol. The minimum atomic E-state index is -1.82. The quantitative estimate of drug-likeness (QED) is 0.139.